The average Bonchev–Trinajstić information content (AvgIpc) is 2.70. The fourth-order valence-electron chi connectivity index (χ4n) is 3.07. The molecular formula is C24H30Cl2N2O2. The molecular weight excluding hydrogens is 419 g/mol. The van der Waals surface area contributed by atoms with E-state index in [0.717, 1.165) is 23.1 Å². The lowest BCUT2D eigenvalue weighted by atomic mass is 10.0. The van der Waals surface area contributed by atoms with Crippen molar-refractivity contribution in [3.8, 4) is 0 Å². The summed E-state index contributed by atoms with van der Waals surface area (Å²) in [7, 11) is 0. The molecule has 2 atom stereocenters. The zero-order valence-corrected chi connectivity index (χ0v) is 19.8. The number of carbonyl (C=O) groups excluding carboxylic acids is 2. The van der Waals surface area contributed by atoms with Crippen LogP contribution >= 0.6 is 23.2 Å². The summed E-state index contributed by atoms with van der Waals surface area (Å²) in [6, 6.07) is 10.7. The van der Waals surface area contributed by atoms with Gasteiger partial charge in [-0.3, -0.25) is 9.59 Å². The molecule has 0 saturated heterocycles. The zero-order valence-electron chi connectivity index (χ0n) is 18.3. The Morgan fingerprint density at radius 3 is 2.23 bits per heavy atom. The van der Waals surface area contributed by atoms with E-state index < -0.39 is 6.04 Å². The number of amides is 2. The van der Waals surface area contributed by atoms with E-state index in [-0.39, 0.29) is 30.8 Å². The van der Waals surface area contributed by atoms with Crippen molar-refractivity contribution < 1.29 is 9.59 Å². The van der Waals surface area contributed by atoms with Crippen LogP contribution in [0.2, 0.25) is 10.0 Å². The highest BCUT2D eigenvalue weighted by Gasteiger charge is 2.27. The first-order valence-corrected chi connectivity index (χ1v) is 11.0. The van der Waals surface area contributed by atoms with Crippen LogP contribution in [0.5, 0.6) is 0 Å². The van der Waals surface area contributed by atoms with Crippen LogP contribution in [0.3, 0.4) is 0 Å². The molecule has 0 aromatic heterocycles. The van der Waals surface area contributed by atoms with Crippen LogP contribution in [-0.4, -0.2) is 28.8 Å². The van der Waals surface area contributed by atoms with Crippen molar-refractivity contribution in [1.82, 2.24) is 10.2 Å². The van der Waals surface area contributed by atoms with Crippen molar-refractivity contribution in [3.63, 3.8) is 0 Å². The fourth-order valence-corrected chi connectivity index (χ4v) is 3.39. The average molecular weight is 449 g/mol. The lowest BCUT2D eigenvalue weighted by Crippen LogP contribution is -2.49. The van der Waals surface area contributed by atoms with Crippen molar-refractivity contribution in [1.29, 1.82) is 0 Å². The lowest BCUT2D eigenvalue weighted by molar-refractivity contribution is -0.140. The van der Waals surface area contributed by atoms with Gasteiger partial charge in [0.15, 0.2) is 0 Å². The normalized spacial score (nSPS) is 12.9. The van der Waals surface area contributed by atoms with Crippen LogP contribution in [0.1, 0.15) is 49.4 Å². The molecule has 2 rings (SSSR count). The van der Waals surface area contributed by atoms with Gasteiger partial charge >= 0.3 is 0 Å². The topological polar surface area (TPSA) is 49.4 Å². The molecule has 0 aliphatic heterocycles. The number of nitrogens with zero attached hydrogens (tertiary/aromatic N) is 1. The Hall–Kier alpha value is -2.04. The van der Waals surface area contributed by atoms with Crippen LogP contribution in [0.15, 0.2) is 36.4 Å². The minimum Gasteiger partial charge on any atom is -0.352 e. The summed E-state index contributed by atoms with van der Waals surface area (Å²) in [5.74, 6) is -0.283. The highest BCUT2D eigenvalue weighted by Crippen LogP contribution is 2.24. The number of carbonyl (C=O) groups is 2. The maximum absolute atomic E-state index is 13.3. The molecule has 0 bridgehead atoms. The summed E-state index contributed by atoms with van der Waals surface area (Å²) >= 11 is 12.2. The summed E-state index contributed by atoms with van der Waals surface area (Å²) in [5.41, 5.74) is 4.07. The Balaban J connectivity index is 2.28. The summed E-state index contributed by atoms with van der Waals surface area (Å²) in [6.07, 6.45) is 1.05. The molecule has 0 aliphatic carbocycles. The van der Waals surface area contributed by atoms with Crippen LogP contribution < -0.4 is 5.32 Å². The van der Waals surface area contributed by atoms with Crippen LogP contribution in [0.4, 0.5) is 0 Å². The monoisotopic (exact) mass is 448 g/mol. The van der Waals surface area contributed by atoms with E-state index >= 15 is 0 Å². The summed E-state index contributed by atoms with van der Waals surface area (Å²) in [6.45, 7) is 10.1. The van der Waals surface area contributed by atoms with E-state index in [4.69, 9.17) is 23.2 Å². The highest BCUT2D eigenvalue weighted by molar-refractivity contribution is 6.42. The molecule has 0 heterocycles. The first kappa shape index (κ1) is 24.2. The van der Waals surface area contributed by atoms with E-state index in [9.17, 15) is 9.59 Å². The van der Waals surface area contributed by atoms with Gasteiger partial charge in [0.05, 0.1) is 16.5 Å². The number of hydrogen-bond donors (Lipinski definition) is 1. The van der Waals surface area contributed by atoms with Crippen molar-refractivity contribution in [3.05, 3.63) is 68.7 Å². The summed E-state index contributed by atoms with van der Waals surface area (Å²) in [5, 5.41) is 3.85. The molecule has 0 unspecified atom stereocenters. The van der Waals surface area contributed by atoms with Gasteiger partial charge < -0.3 is 10.2 Å². The molecule has 1 N–H and O–H groups in total. The molecule has 0 radical (unpaired) electrons. The van der Waals surface area contributed by atoms with Crippen LogP contribution in [-0.2, 0) is 22.6 Å². The molecule has 0 fully saturated rings. The van der Waals surface area contributed by atoms with Gasteiger partial charge in [-0.25, -0.2) is 0 Å². The summed E-state index contributed by atoms with van der Waals surface area (Å²) < 4.78 is 0. The molecule has 2 aromatic rings. The number of nitrogens with one attached hydrogen (secondary N) is 1. The smallest absolute Gasteiger partial charge is 0.242 e. The number of halogens is 2. The van der Waals surface area contributed by atoms with Gasteiger partial charge in [-0.15, -0.1) is 0 Å². The van der Waals surface area contributed by atoms with E-state index in [1.54, 1.807) is 24.0 Å². The number of rotatable bonds is 8. The third kappa shape index (κ3) is 6.48. The van der Waals surface area contributed by atoms with E-state index in [1.807, 2.05) is 52.0 Å². The third-order valence-corrected chi connectivity index (χ3v) is 6.17. The second-order valence-corrected chi connectivity index (χ2v) is 8.67. The second kappa shape index (κ2) is 10.8. The molecule has 0 saturated carbocycles. The molecule has 6 heteroatoms. The molecule has 2 amide bonds. The van der Waals surface area contributed by atoms with Gasteiger partial charge in [0.1, 0.15) is 6.04 Å². The van der Waals surface area contributed by atoms with Crippen molar-refractivity contribution in [2.75, 3.05) is 0 Å². The lowest BCUT2D eigenvalue weighted by Gasteiger charge is -2.30. The van der Waals surface area contributed by atoms with Crippen LogP contribution in [0.25, 0.3) is 0 Å². The Morgan fingerprint density at radius 2 is 1.63 bits per heavy atom. The van der Waals surface area contributed by atoms with Gasteiger partial charge in [0.2, 0.25) is 11.8 Å². The number of hydrogen-bond acceptors (Lipinski definition) is 2. The molecule has 0 spiro atoms. The predicted octanol–water partition coefficient (Wildman–Crippen LogP) is 5.48. The van der Waals surface area contributed by atoms with E-state index in [1.165, 1.54) is 5.56 Å². The molecule has 2 aromatic carbocycles. The minimum absolute atomic E-state index is 0.0432. The second-order valence-electron chi connectivity index (χ2n) is 7.86. The Morgan fingerprint density at radius 1 is 0.967 bits per heavy atom. The first-order valence-electron chi connectivity index (χ1n) is 10.2. The Kier molecular flexibility index (Phi) is 8.75. The van der Waals surface area contributed by atoms with E-state index in [0.29, 0.717) is 10.0 Å². The largest absolute Gasteiger partial charge is 0.352 e. The Labute approximate surface area is 189 Å². The quantitative estimate of drug-likeness (QED) is 0.580. The predicted molar refractivity (Wildman–Crippen MR) is 124 cm³/mol. The van der Waals surface area contributed by atoms with Crippen molar-refractivity contribution in [2.24, 2.45) is 0 Å². The van der Waals surface area contributed by atoms with E-state index in [2.05, 4.69) is 5.32 Å². The molecule has 4 nitrogen and oxygen atoms in total. The molecule has 30 heavy (non-hydrogen) atoms. The first-order chi connectivity index (χ1) is 14.1. The van der Waals surface area contributed by atoms with Gasteiger partial charge in [0, 0.05) is 12.6 Å². The van der Waals surface area contributed by atoms with Gasteiger partial charge in [-0.05, 0) is 68.5 Å². The molecule has 0 aliphatic rings. The highest BCUT2D eigenvalue weighted by atomic mass is 35.5. The van der Waals surface area contributed by atoms with Gasteiger partial charge in [-0.2, -0.15) is 0 Å². The maximum atomic E-state index is 13.3. The summed E-state index contributed by atoms with van der Waals surface area (Å²) in [4.78, 5) is 27.6. The number of aryl methyl sites for hydroxylation is 2. The third-order valence-electron chi connectivity index (χ3n) is 5.43. The fraction of sp³-hybridized carbons (Fsp3) is 0.417. The van der Waals surface area contributed by atoms with Gasteiger partial charge in [0.25, 0.3) is 0 Å². The minimum atomic E-state index is -0.618. The zero-order chi connectivity index (χ0) is 22.4. The Bertz CT molecular complexity index is 914. The molecule has 162 valence electrons. The van der Waals surface area contributed by atoms with Crippen molar-refractivity contribution >= 4 is 35.0 Å². The number of benzene rings is 2. The van der Waals surface area contributed by atoms with Gasteiger partial charge in [-0.1, -0.05) is 54.4 Å². The maximum Gasteiger partial charge on any atom is 0.242 e. The van der Waals surface area contributed by atoms with Crippen molar-refractivity contribution in [2.45, 2.75) is 66.1 Å². The standard InChI is InChI=1S/C24H30Cl2N2O2/c1-6-17(4)27-24(30)18(5)28(14-20-9-10-21(25)22(26)12-20)23(29)13-19-8-7-15(2)16(3)11-19/h7-12,17-18H,6,13-14H2,1-5H3,(H,27,30)/t17-,18+/m0/s1. The SMILES string of the molecule is CC[C@H](C)NC(=O)[C@@H](C)N(Cc1ccc(Cl)c(Cl)c1)C(=O)Cc1ccc(C)c(C)c1. The van der Waals surface area contributed by atoms with Crippen LogP contribution in [0, 0.1) is 13.8 Å².